The lowest BCUT2D eigenvalue weighted by atomic mass is 10.1. The Kier molecular flexibility index (Phi) is 3.94. The molecule has 0 N–H and O–H groups in total. The second-order valence-corrected chi connectivity index (χ2v) is 4.08. The highest BCUT2D eigenvalue weighted by atomic mass is 35.5. The molecule has 0 aliphatic carbocycles. The molecule has 18 heavy (non-hydrogen) atoms. The molecule has 0 amide bonds. The van der Waals surface area contributed by atoms with Gasteiger partial charge in [0.2, 0.25) is 0 Å². The monoisotopic (exact) mass is 266 g/mol. The van der Waals surface area contributed by atoms with Crippen molar-refractivity contribution in [3.8, 4) is 11.4 Å². The molecule has 94 valence electrons. The van der Waals surface area contributed by atoms with Crippen molar-refractivity contribution in [3.05, 3.63) is 34.7 Å². The van der Waals surface area contributed by atoms with Crippen LogP contribution in [0.1, 0.15) is 11.3 Å². The van der Waals surface area contributed by atoms with Gasteiger partial charge in [-0.3, -0.25) is 9.78 Å². The van der Waals surface area contributed by atoms with Crippen LogP contribution in [0, 0.1) is 6.92 Å². The molecule has 0 aliphatic rings. The molecule has 0 bridgehead atoms. The maximum atomic E-state index is 10.1. The van der Waals surface area contributed by atoms with Gasteiger partial charge >= 0.3 is 0 Å². The summed E-state index contributed by atoms with van der Waals surface area (Å²) in [5.74, 6) is 0.691. The third-order valence-electron chi connectivity index (χ3n) is 2.49. The summed E-state index contributed by atoms with van der Waals surface area (Å²) in [6.07, 6.45) is 2.08. The summed E-state index contributed by atoms with van der Waals surface area (Å²) in [5.41, 5.74) is 2.21. The van der Waals surface area contributed by atoms with E-state index in [0.717, 1.165) is 5.56 Å². The first-order chi connectivity index (χ1) is 8.72. The number of hydrogen-bond acceptors (Lipinski definition) is 5. The number of halogens is 1. The number of rotatable bonds is 5. The highest BCUT2D eigenvalue weighted by molar-refractivity contribution is 6.30. The van der Waals surface area contributed by atoms with Gasteiger partial charge in [-0.05, 0) is 19.1 Å². The molecule has 0 saturated heterocycles. The Morgan fingerprint density at radius 2 is 2.33 bits per heavy atom. The fraction of sp³-hybridized carbons (Fsp3) is 0.250. The Morgan fingerprint density at radius 1 is 1.50 bits per heavy atom. The van der Waals surface area contributed by atoms with E-state index in [4.69, 9.17) is 16.1 Å². The maximum Gasteiger partial charge on any atom is 0.293 e. The minimum atomic E-state index is 0.284. The summed E-state index contributed by atoms with van der Waals surface area (Å²) >= 11 is 5.78. The highest BCUT2D eigenvalue weighted by Crippen LogP contribution is 2.24. The Bertz CT molecular complexity index is 537. The van der Waals surface area contributed by atoms with Crippen molar-refractivity contribution in [2.24, 2.45) is 0 Å². The van der Waals surface area contributed by atoms with E-state index in [1.165, 1.54) is 0 Å². The van der Waals surface area contributed by atoms with Crippen LogP contribution in [0.3, 0.4) is 0 Å². The summed E-state index contributed by atoms with van der Waals surface area (Å²) in [6, 6.07) is 3.50. The molecule has 0 atom stereocenters. The van der Waals surface area contributed by atoms with Crippen LogP contribution in [0.15, 0.2) is 22.9 Å². The lowest BCUT2D eigenvalue weighted by Gasteiger charge is -2.01. The average molecular weight is 267 g/mol. The Morgan fingerprint density at radius 3 is 3.00 bits per heavy atom. The van der Waals surface area contributed by atoms with Crippen molar-refractivity contribution in [2.75, 3.05) is 6.61 Å². The summed E-state index contributed by atoms with van der Waals surface area (Å²) in [6.45, 7) is 2.51. The summed E-state index contributed by atoms with van der Waals surface area (Å²) in [7, 11) is 0. The van der Waals surface area contributed by atoms with Gasteiger partial charge in [0.25, 0.3) is 6.47 Å². The molecule has 2 rings (SSSR count). The van der Waals surface area contributed by atoms with Crippen molar-refractivity contribution in [1.29, 1.82) is 0 Å². The summed E-state index contributed by atoms with van der Waals surface area (Å²) in [4.78, 5) is 14.3. The molecule has 0 spiro atoms. The predicted octanol–water partition coefficient (Wildman–Crippen LogP) is 2.41. The number of ether oxygens (including phenoxy) is 1. The van der Waals surface area contributed by atoms with Crippen LogP contribution in [-0.2, 0) is 16.0 Å². The van der Waals surface area contributed by atoms with Crippen molar-refractivity contribution in [2.45, 2.75) is 13.3 Å². The smallest absolute Gasteiger partial charge is 0.293 e. The van der Waals surface area contributed by atoms with Crippen LogP contribution in [0.4, 0.5) is 0 Å². The first-order valence-electron chi connectivity index (χ1n) is 5.34. The summed E-state index contributed by atoms with van der Waals surface area (Å²) < 4.78 is 9.82. The molecule has 0 radical (unpaired) electrons. The number of aromatic nitrogens is 2. The number of aryl methyl sites for hydroxylation is 1. The van der Waals surface area contributed by atoms with Crippen LogP contribution in [0.2, 0.25) is 5.02 Å². The topological polar surface area (TPSA) is 65.2 Å². The fourth-order valence-corrected chi connectivity index (χ4v) is 1.72. The van der Waals surface area contributed by atoms with Gasteiger partial charge in [-0.15, -0.1) is 0 Å². The van der Waals surface area contributed by atoms with Gasteiger partial charge in [0.1, 0.15) is 11.5 Å². The number of carbonyl (C=O) groups excluding carboxylic acids is 1. The molecule has 0 saturated carbocycles. The number of hydrogen-bond donors (Lipinski definition) is 0. The zero-order valence-electron chi connectivity index (χ0n) is 9.72. The number of pyridine rings is 1. The van der Waals surface area contributed by atoms with Gasteiger partial charge in [0.15, 0.2) is 0 Å². The lowest BCUT2D eigenvalue weighted by molar-refractivity contribution is -0.128. The largest absolute Gasteiger partial charge is 0.468 e. The minimum absolute atomic E-state index is 0.284. The van der Waals surface area contributed by atoms with Crippen molar-refractivity contribution in [3.63, 3.8) is 0 Å². The van der Waals surface area contributed by atoms with Crippen LogP contribution in [0.25, 0.3) is 11.4 Å². The number of nitrogens with zero attached hydrogens (tertiary/aromatic N) is 2. The SMILES string of the molecule is Cc1onc(-c2ccc(Cl)cn2)c1CCOC=O. The zero-order valence-corrected chi connectivity index (χ0v) is 10.5. The second-order valence-electron chi connectivity index (χ2n) is 3.64. The van der Waals surface area contributed by atoms with E-state index in [-0.39, 0.29) is 6.61 Å². The molecule has 5 nitrogen and oxygen atoms in total. The number of carbonyl (C=O) groups is 1. The third kappa shape index (κ3) is 2.68. The van der Waals surface area contributed by atoms with Crippen molar-refractivity contribution < 1.29 is 14.1 Å². The van der Waals surface area contributed by atoms with Crippen molar-refractivity contribution >= 4 is 18.1 Å². The van der Waals surface area contributed by atoms with Crippen LogP contribution in [-0.4, -0.2) is 23.2 Å². The van der Waals surface area contributed by atoms with Crippen molar-refractivity contribution in [1.82, 2.24) is 10.1 Å². The normalized spacial score (nSPS) is 10.3. The Labute approximate surface area is 109 Å². The molecule has 0 fully saturated rings. The highest BCUT2D eigenvalue weighted by Gasteiger charge is 2.15. The molecule has 0 aromatic carbocycles. The van der Waals surface area contributed by atoms with E-state index in [9.17, 15) is 4.79 Å². The molecular formula is C12H11ClN2O3. The van der Waals surface area contributed by atoms with E-state index in [0.29, 0.717) is 35.1 Å². The second kappa shape index (κ2) is 5.64. The lowest BCUT2D eigenvalue weighted by Crippen LogP contribution is -1.99. The molecule has 0 unspecified atom stereocenters. The minimum Gasteiger partial charge on any atom is -0.468 e. The first kappa shape index (κ1) is 12.6. The van der Waals surface area contributed by atoms with E-state index < -0.39 is 0 Å². The molecule has 2 aromatic rings. The fourth-order valence-electron chi connectivity index (χ4n) is 1.61. The average Bonchev–Trinajstić information content (AvgIpc) is 2.73. The molecular weight excluding hydrogens is 256 g/mol. The van der Waals surface area contributed by atoms with Gasteiger partial charge in [-0.2, -0.15) is 0 Å². The van der Waals surface area contributed by atoms with Crippen LogP contribution in [0.5, 0.6) is 0 Å². The maximum absolute atomic E-state index is 10.1. The van der Waals surface area contributed by atoms with Gasteiger partial charge in [-0.1, -0.05) is 16.8 Å². The summed E-state index contributed by atoms with van der Waals surface area (Å²) in [5, 5.41) is 4.53. The standard InChI is InChI=1S/C12H11ClN2O3/c1-8-10(4-5-17-7-16)12(15-18-8)11-3-2-9(13)6-14-11/h2-3,6-7H,4-5H2,1H3. The van der Waals surface area contributed by atoms with E-state index >= 15 is 0 Å². The Hall–Kier alpha value is -1.88. The molecule has 0 aliphatic heterocycles. The van der Waals surface area contributed by atoms with E-state index in [2.05, 4.69) is 14.9 Å². The molecule has 2 aromatic heterocycles. The molecule has 2 heterocycles. The Balaban J connectivity index is 2.27. The van der Waals surface area contributed by atoms with Crippen LogP contribution >= 0.6 is 11.6 Å². The van der Waals surface area contributed by atoms with Gasteiger partial charge in [-0.25, -0.2) is 0 Å². The van der Waals surface area contributed by atoms with E-state index in [1.807, 2.05) is 6.92 Å². The quantitative estimate of drug-likeness (QED) is 0.614. The zero-order chi connectivity index (χ0) is 13.0. The third-order valence-corrected chi connectivity index (χ3v) is 2.72. The van der Waals surface area contributed by atoms with E-state index in [1.54, 1.807) is 18.3 Å². The van der Waals surface area contributed by atoms with Gasteiger partial charge in [0.05, 0.1) is 17.3 Å². The van der Waals surface area contributed by atoms with Gasteiger partial charge < -0.3 is 9.26 Å². The predicted molar refractivity (Wildman–Crippen MR) is 65.2 cm³/mol. The van der Waals surface area contributed by atoms with Crippen LogP contribution < -0.4 is 0 Å². The molecule has 6 heteroatoms. The first-order valence-corrected chi connectivity index (χ1v) is 5.72. The van der Waals surface area contributed by atoms with Gasteiger partial charge in [0, 0.05) is 18.2 Å².